The molecule has 0 saturated heterocycles. The van der Waals surface area contributed by atoms with Gasteiger partial charge in [-0.25, -0.2) is 15.0 Å². The van der Waals surface area contributed by atoms with Crippen LogP contribution in [0.15, 0.2) is 41.8 Å². The molecule has 3 aromatic heterocycles. The van der Waals surface area contributed by atoms with Crippen LogP contribution in [0.5, 0.6) is 0 Å². The molecule has 0 fully saturated rings. The third-order valence-electron chi connectivity index (χ3n) is 2.51. The molecule has 96 valence electrons. The van der Waals surface area contributed by atoms with Gasteiger partial charge >= 0.3 is 0 Å². The smallest absolute Gasteiger partial charge is 0.191 e. The number of nitrogens with two attached hydrogens (primary N) is 2. The van der Waals surface area contributed by atoms with Crippen molar-refractivity contribution in [3.05, 3.63) is 42.4 Å². The Morgan fingerprint density at radius 1 is 1.11 bits per heavy atom. The Morgan fingerprint density at radius 3 is 2.63 bits per heavy atom. The summed E-state index contributed by atoms with van der Waals surface area (Å²) in [6.45, 7) is 0. The summed E-state index contributed by atoms with van der Waals surface area (Å²) < 4.78 is 1.98. The van der Waals surface area contributed by atoms with Gasteiger partial charge in [0.25, 0.3) is 0 Å². The molecule has 3 rings (SSSR count). The van der Waals surface area contributed by atoms with Crippen LogP contribution in [-0.2, 0) is 5.75 Å². The van der Waals surface area contributed by atoms with E-state index in [4.69, 9.17) is 11.5 Å². The quantitative estimate of drug-likeness (QED) is 0.555. The lowest BCUT2D eigenvalue weighted by atomic mass is 10.5. The van der Waals surface area contributed by atoms with Gasteiger partial charge in [0.05, 0.1) is 5.69 Å². The van der Waals surface area contributed by atoms with E-state index < -0.39 is 0 Å². The molecule has 0 atom stereocenters. The molecule has 0 radical (unpaired) electrons. The van der Waals surface area contributed by atoms with Gasteiger partial charge in [0.1, 0.15) is 17.3 Å². The highest BCUT2D eigenvalue weighted by atomic mass is 32.2. The highest BCUT2D eigenvalue weighted by Gasteiger charge is 2.05. The Labute approximate surface area is 113 Å². The van der Waals surface area contributed by atoms with Crippen molar-refractivity contribution in [1.82, 2.24) is 19.4 Å². The maximum atomic E-state index is 5.63. The molecule has 0 unspecified atom stereocenters. The minimum atomic E-state index is 0.380. The standard InChI is InChI=1S/C12H12N6S/c13-9-5-10(14)17-12(16-9)19-7-8-6-18-4-2-1-3-11(18)15-8/h1-6H,7H2,(H4,13,14,16,17). The maximum absolute atomic E-state index is 5.63. The number of fused-ring (bicyclic) bond motifs is 1. The average Bonchev–Trinajstić information content (AvgIpc) is 2.78. The first-order valence-corrected chi connectivity index (χ1v) is 6.65. The van der Waals surface area contributed by atoms with Crippen LogP contribution in [0, 0.1) is 0 Å². The first kappa shape index (κ1) is 11.8. The van der Waals surface area contributed by atoms with Crippen LogP contribution < -0.4 is 11.5 Å². The van der Waals surface area contributed by atoms with Gasteiger partial charge in [-0.05, 0) is 12.1 Å². The van der Waals surface area contributed by atoms with Crippen molar-refractivity contribution in [3.63, 3.8) is 0 Å². The Morgan fingerprint density at radius 2 is 1.89 bits per heavy atom. The lowest BCUT2D eigenvalue weighted by Gasteiger charge is -2.00. The summed E-state index contributed by atoms with van der Waals surface area (Å²) >= 11 is 1.46. The van der Waals surface area contributed by atoms with Gasteiger partial charge in [-0.2, -0.15) is 0 Å². The number of hydrogen-bond donors (Lipinski definition) is 2. The lowest BCUT2D eigenvalue weighted by Crippen LogP contribution is -1.99. The average molecular weight is 272 g/mol. The van der Waals surface area contributed by atoms with E-state index in [9.17, 15) is 0 Å². The van der Waals surface area contributed by atoms with Gasteiger partial charge in [0.15, 0.2) is 5.16 Å². The zero-order valence-corrected chi connectivity index (χ0v) is 10.8. The van der Waals surface area contributed by atoms with E-state index in [0.717, 1.165) is 11.3 Å². The molecule has 0 spiro atoms. The van der Waals surface area contributed by atoms with Gasteiger partial charge in [-0.15, -0.1) is 0 Å². The molecule has 6 nitrogen and oxygen atoms in total. The highest BCUT2D eigenvalue weighted by Crippen LogP contribution is 2.21. The van der Waals surface area contributed by atoms with Crippen LogP contribution in [0.2, 0.25) is 0 Å². The second-order valence-electron chi connectivity index (χ2n) is 3.99. The number of thioether (sulfide) groups is 1. The van der Waals surface area contributed by atoms with E-state index in [2.05, 4.69) is 15.0 Å². The van der Waals surface area contributed by atoms with Crippen molar-refractivity contribution < 1.29 is 0 Å². The zero-order valence-electron chi connectivity index (χ0n) is 10.0. The first-order chi connectivity index (χ1) is 9.20. The summed E-state index contributed by atoms with van der Waals surface area (Å²) in [5, 5.41) is 0.564. The highest BCUT2D eigenvalue weighted by molar-refractivity contribution is 7.98. The number of nitrogens with zero attached hydrogens (tertiary/aromatic N) is 4. The molecular weight excluding hydrogens is 260 g/mol. The molecule has 7 heteroatoms. The minimum Gasteiger partial charge on any atom is -0.383 e. The SMILES string of the molecule is Nc1cc(N)nc(SCc2cn3ccccc3n2)n1. The molecule has 0 aliphatic carbocycles. The van der Waals surface area contributed by atoms with Crippen LogP contribution in [0.25, 0.3) is 5.65 Å². The molecule has 0 saturated carbocycles. The summed E-state index contributed by atoms with van der Waals surface area (Å²) in [6, 6.07) is 7.42. The fourth-order valence-corrected chi connectivity index (χ4v) is 2.48. The van der Waals surface area contributed by atoms with Crippen molar-refractivity contribution in [2.75, 3.05) is 11.5 Å². The summed E-state index contributed by atoms with van der Waals surface area (Å²) in [7, 11) is 0. The number of rotatable bonds is 3. The third-order valence-corrected chi connectivity index (χ3v) is 3.39. The number of imidazole rings is 1. The van der Waals surface area contributed by atoms with Gasteiger partial charge < -0.3 is 15.9 Å². The molecule has 19 heavy (non-hydrogen) atoms. The number of nitrogen functional groups attached to an aromatic ring is 2. The van der Waals surface area contributed by atoms with E-state index in [1.54, 1.807) is 0 Å². The molecule has 0 aliphatic heterocycles. The van der Waals surface area contributed by atoms with E-state index in [-0.39, 0.29) is 0 Å². The zero-order chi connectivity index (χ0) is 13.2. The third kappa shape index (κ3) is 2.60. The number of hydrogen-bond acceptors (Lipinski definition) is 6. The Kier molecular flexibility index (Phi) is 2.96. The predicted molar refractivity (Wildman–Crippen MR) is 75.6 cm³/mol. The molecule has 0 aromatic carbocycles. The topological polar surface area (TPSA) is 95.1 Å². The second-order valence-corrected chi connectivity index (χ2v) is 4.93. The number of anilines is 2. The largest absolute Gasteiger partial charge is 0.383 e. The van der Waals surface area contributed by atoms with Crippen LogP contribution in [0.1, 0.15) is 5.69 Å². The van der Waals surface area contributed by atoms with Crippen molar-refractivity contribution in [2.24, 2.45) is 0 Å². The molecule has 0 aliphatic rings. The van der Waals surface area contributed by atoms with Gasteiger partial charge in [0, 0.05) is 24.2 Å². The summed E-state index contributed by atoms with van der Waals surface area (Å²) in [5.74, 6) is 1.43. The fraction of sp³-hybridized carbons (Fsp3) is 0.0833. The van der Waals surface area contributed by atoms with Crippen molar-refractivity contribution in [1.29, 1.82) is 0 Å². The summed E-state index contributed by atoms with van der Waals surface area (Å²) in [5.41, 5.74) is 13.1. The summed E-state index contributed by atoms with van der Waals surface area (Å²) in [4.78, 5) is 12.7. The molecule has 0 bridgehead atoms. The Bertz CT molecular complexity index is 670. The van der Waals surface area contributed by atoms with Gasteiger partial charge in [-0.3, -0.25) is 0 Å². The molecular formula is C12H12N6S. The van der Waals surface area contributed by atoms with E-state index in [0.29, 0.717) is 22.5 Å². The monoisotopic (exact) mass is 272 g/mol. The number of pyridine rings is 1. The number of aromatic nitrogens is 4. The van der Waals surface area contributed by atoms with E-state index >= 15 is 0 Å². The Hall–Kier alpha value is -2.28. The van der Waals surface area contributed by atoms with Crippen LogP contribution in [0.4, 0.5) is 11.6 Å². The molecule has 3 heterocycles. The van der Waals surface area contributed by atoms with E-state index in [1.807, 2.05) is 35.0 Å². The normalized spacial score (nSPS) is 10.9. The Balaban J connectivity index is 1.78. The lowest BCUT2D eigenvalue weighted by molar-refractivity contribution is 0.982. The predicted octanol–water partition coefficient (Wildman–Crippen LogP) is 1.58. The van der Waals surface area contributed by atoms with Crippen molar-refractivity contribution in [3.8, 4) is 0 Å². The minimum absolute atomic E-state index is 0.380. The summed E-state index contributed by atoms with van der Waals surface area (Å²) in [6.07, 6.45) is 3.95. The second kappa shape index (κ2) is 4.77. The molecule has 0 amide bonds. The van der Waals surface area contributed by atoms with Crippen LogP contribution in [-0.4, -0.2) is 19.4 Å². The first-order valence-electron chi connectivity index (χ1n) is 5.66. The molecule has 3 aromatic rings. The van der Waals surface area contributed by atoms with Gasteiger partial charge in [0.2, 0.25) is 0 Å². The van der Waals surface area contributed by atoms with Crippen LogP contribution >= 0.6 is 11.8 Å². The van der Waals surface area contributed by atoms with E-state index in [1.165, 1.54) is 17.8 Å². The fourth-order valence-electron chi connectivity index (χ4n) is 1.72. The maximum Gasteiger partial charge on any atom is 0.191 e. The van der Waals surface area contributed by atoms with Crippen molar-refractivity contribution >= 4 is 29.0 Å². The van der Waals surface area contributed by atoms with Crippen molar-refractivity contribution in [2.45, 2.75) is 10.9 Å². The van der Waals surface area contributed by atoms with Gasteiger partial charge in [-0.1, -0.05) is 17.8 Å². The van der Waals surface area contributed by atoms with Crippen LogP contribution in [0.3, 0.4) is 0 Å². The molecule has 4 N–H and O–H groups in total.